The Morgan fingerprint density at radius 1 is 1.22 bits per heavy atom. The summed E-state index contributed by atoms with van der Waals surface area (Å²) in [6.07, 6.45) is 0. The molecule has 2 aromatic carbocycles. The lowest BCUT2D eigenvalue weighted by molar-refractivity contribution is -0.384. The summed E-state index contributed by atoms with van der Waals surface area (Å²) in [5.74, 6) is 0.122. The third-order valence-electron chi connectivity index (χ3n) is 3.57. The molecule has 0 aliphatic rings. The Bertz CT molecular complexity index is 898. The quantitative estimate of drug-likeness (QED) is 0.443. The largest absolute Gasteiger partial charge is 0.485 e. The number of Topliss-reactive ketones (excluding diaryl/α,β-unsaturated/α-hetero) is 1. The Hall–Kier alpha value is -3.15. The van der Waals surface area contributed by atoms with Crippen molar-refractivity contribution in [1.82, 2.24) is 4.98 Å². The third-order valence-corrected chi connectivity index (χ3v) is 3.57. The Kier molecular flexibility index (Phi) is 3.80. The molecule has 3 aromatic rings. The normalized spacial score (nSPS) is 10.7. The molecule has 0 saturated heterocycles. The molecule has 0 bridgehead atoms. The van der Waals surface area contributed by atoms with Gasteiger partial charge in [-0.1, -0.05) is 24.3 Å². The van der Waals surface area contributed by atoms with Crippen molar-refractivity contribution in [3.8, 4) is 5.75 Å². The molecule has 116 valence electrons. The van der Waals surface area contributed by atoms with E-state index in [1.165, 1.54) is 18.2 Å². The smallest absolute Gasteiger partial charge is 0.273 e. The van der Waals surface area contributed by atoms with Crippen molar-refractivity contribution in [2.75, 3.05) is 6.61 Å². The molecule has 23 heavy (non-hydrogen) atoms. The maximum Gasteiger partial charge on any atom is 0.273 e. The second-order valence-corrected chi connectivity index (χ2v) is 5.14. The lowest BCUT2D eigenvalue weighted by atomic mass is 10.1. The molecular weight excluding hydrogens is 296 g/mol. The van der Waals surface area contributed by atoms with Crippen molar-refractivity contribution in [2.24, 2.45) is 0 Å². The Labute approximate surface area is 131 Å². The van der Waals surface area contributed by atoms with E-state index < -0.39 is 4.92 Å². The predicted octanol–water partition coefficient (Wildman–Crippen LogP) is 3.65. The van der Waals surface area contributed by atoms with E-state index in [2.05, 4.69) is 4.98 Å². The highest BCUT2D eigenvalue weighted by molar-refractivity contribution is 6.09. The number of nitrogens with one attached hydrogen (secondary N) is 1. The maximum absolute atomic E-state index is 12.5. The molecule has 0 radical (unpaired) electrons. The van der Waals surface area contributed by atoms with Gasteiger partial charge in [-0.3, -0.25) is 14.9 Å². The summed E-state index contributed by atoms with van der Waals surface area (Å²) in [4.78, 5) is 25.9. The van der Waals surface area contributed by atoms with Crippen LogP contribution in [0.4, 0.5) is 5.69 Å². The van der Waals surface area contributed by atoms with Gasteiger partial charge < -0.3 is 9.72 Å². The van der Waals surface area contributed by atoms with Gasteiger partial charge in [0, 0.05) is 28.2 Å². The summed E-state index contributed by atoms with van der Waals surface area (Å²) < 4.78 is 5.42. The first-order chi connectivity index (χ1) is 11.1. The number of H-pyrrole nitrogens is 1. The number of benzene rings is 2. The molecule has 0 aliphatic carbocycles. The zero-order valence-corrected chi connectivity index (χ0v) is 12.4. The molecule has 0 unspecified atom stereocenters. The minimum atomic E-state index is -0.501. The summed E-state index contributed by atoms with van der Waals surface area (Å²) in [5, 5.41) is 11.6. The average molecular weight is 310 g/mol. The third kappa shape index (κ3) is 2.91. The molecule has 1 N–H and O–H groups in total. The highest BCUT2D eigenvalue weighted by Gasteiger charge is 2.16. The van der Waals surface area contributed by atoms with Crippen LogP contribution in [0, 0.1) is 17.0 Å². The number of nitro groups is 1. The predicted molar refractivity (Wildman–Crippen MR) is 86.0 cm³/mol. The zero-order chi connectivity index (χ0) is 16.4. The topological polar surface area (TPSA) is 85.2 Å². The number of ether oxygens (including phenoxy) is 1. The second-order valence-electron chi connectivity index (χ2n) is 5.14. The van der Waals surface area contributed by atoms with Crippen molar-refractivity contribution in [2.45, 2.75) is 6.92 Å². The fourth-order valence-corrected chi connectivity index (χ4v) is 2.54. The molecule has 6 heteroatoms. The van der Waals surface area contributed by atoms with E-state index in [1.54, 1.807) is 6.07 Å². The number of hydrogen-bond donors (Lipinski definition) is 1. The number of aromatic nitrogens is 1. The van der Waals surface area contributed by atoms with E-state index in [0.717, 1.165) is 16.6 Å². The van der Waals surface area contributed by atoms with Gasteiger partial charge in [0.25, 0.3) is 5.69 Å². The number of non-ortho nitro benzene ring substituents is 1. The molecule has 1 heterocycles. The molecular formula is C17H14N2O4. The van der Waals surface area contributed by atoms with Gasteiger partial charge in [0.05, 0.1) is 11.0 Å². The van der Waals surface area contributed by atoms with Crippen LogP contribution < -0.4 is 4.74 Å². The lowest BCUT2D eigenvalue weighted by Crippen LogP contribution is -2.12. The van der Waals surface area contributed by atoms with Crippen LogP contribution in [-0.4, -0.2) is 22.3 Å². The van der Waals surface area contributed by atoms with Crippen LogP contribution in [0.15, 0.2) is 48.5 Å². The van der Waals surface area contributed by atoms with Gasteiger partial charge in [0.15, 0.2) is 6.61 Å². The van der Waals surface area contributed by atoms with Gasteiger partial charge in [-0.15, -0.1) is 0 Å². The number of carbonyl (C=O) groups is 1. The highest BCUT2D eigenvalue weighted by Crippen LogP contribution is 2.23. The van der Waals surface area contributed by atoms with Crippen molar-refractivity contribution >= 4 is 22.4 Å². The molecule has 3 rings (SSSR count). The van der Waals surface area contributed by atoms with E-state index in [9.17, 15) is 14.9 Å². The van der Waals surface area contributed by atoms with Crippen LogP contribution in [0.3, 0.4) is 0 Å². The van der Waals surface area contributed by atoms with E-state index in [4.69, 9.17) is 4.74 Å². The Morgan fingerprint density at radius 2 is 2.00 bits per heavy atom. The number of nitro benzene ring substituents is 1. The molecule has 0 spiro atoms. The molecule has 0 aliphatic heterocycles. The van der Waals surface area contributed by atoms with Crippen LogP contribution in [0.5, 0.6) is 5.75 Å². The minimum absolute atomic E-state index is 0.0711. The fraction of sp³-hybridized carbons (Fsp3) is 0.118. The van der Waals surface area contributed by atoms with E-state index in [1.807, 2.05) is 31.2 Å². The van der Waals surface area contributed by atoms with Crippen LogP contribution in [0.2, 0.25) is 0 Å². The van der Waals surface area contributed by atoms with E-state index in [0.29, 0.717) is 11.3 Å². The SMILES string of the molecule is Cc1[nH]c2ccccc2c1C(=O)COc1cccc([N+](=O)[O-])c1. The second kappa shape index (κ2) is 5.92. The van der Waals surface area contributed by atoms with Gasteiger partial charge in [-0.05, 0) is 19.1 Å². The average Bonchev–Trinajstić information content (AvgIpc) is 2.88. The first-order valence-corrected chi connectivity index (χ1v) is 7.04. The van der Waals surface area contributed by atoms with Crippen LogP contribution in [0.1, 0.15) is 16.1 Å². The number of carbonyl (C=O) groups excluding carboxylic acids is 1. The first kappa shape index (κ1) is 14.8. The van der Waals surface area contributed by atoms with Crippen molar-refractivity contribution in [3.63, 3.8) is 0 Å². The molecule has 0 fully saturated rings. The summed E-state index contributed by atoms with van der Waals surface area (Å²) in [6.45, 7) is 1.66. The van der Waals surface area contributed by atoms with Gasteiger partial charge in [-0.25, -0.2) is 0 Å². The first-order valence-electron chi connectivity index (χ1n) is 7.04. The number of para-hydroxylation sites is 1. The van der Waals surface area contributed by atoms with Crippen molar-refractivity contribution in [1.29, 1.82) is 0 Å². The van der Waals surface area contributed by atoms with Gasteiger partial charge in [0.1, 0.15) is 5.75 Å². The monoisotopic (exact) mass is 310 g/mol. The number of nitrogens with zero attached hydrogens (tertiary/aromatic N) is 1. The molecule has 6 nitrogen and oxygen atoms in total. The standard InChI is InChI=1S/C17H14N2O4/c1-11-17(14-7-2-3-8-15(14)18-11)16(20)10-23-13-6-4-5-12(9-13)19(21)22/h2-9,18H,10H2,1H3. The number of rotatable bonds is 5. The number of aryl methyl sites for hydroxylation is 1. The Morgan fingerprint density at radius 3 is 2.78 bits per heavy atom. The van der Waals surface area contributed by atoms with Gasteiger partial charge in [-0.2, -0.15) is 0 Å². The number of hydrogen-bond acceptors (Lipinski definition) is 4. The van der Waals surface area contributed by atoms with Crippen molar-refractivity contribution < 1.29 is 14.5 Å². The lowest BCUT2D eigenvalue weighted by Gasteiger charge is -2.05. The molecule has 1 aromatic heterocycles. The fourth-order valence-electron chi connectivity index (χ4n) is 2.54. The summed E-state index contributed by atoms with van der Waals surface area (Å²) in [5.41, 5.74) is 2.19. The van der Waals surface area contributed by atoms with Gasteiger partial charge in [0.2, 0.25) is 5.78 Å². The van der Waals surface area contributed by atoms with Crippen LogP contribution >= 0.6 is 0 Å². The Balaban J connectivity index is 1.80. The van der Waals surface area contributed by atoms with E-state index in [-0.39, 0.29) is 18.1 Å². The van der Waals surface area contributed by atoms with Crippen LogP contribution in [-0.2, 0) is 0 Å². The number of fused-ring (bicyclic) bond motifs is 1. The van der Waals surface area contributed by atoms with Gasteiger partial charge >= 0.3 is 0 Å². The molecule has 0 atom stereocenters. The maximum atomic E-state index is 12.5. The molecule has 0 amide bonds. The number of ketones is 1. The van der Waals surface area contributed by atoms with E-state index >= 15 is 0 Å². The minimum Gasteiger partial charge on any atom is -0.485 e. The van der Waals surface area contributed by atoms with Crippen molar-refractivity contribution in [3.05, 3.63) is 69.9 Å². The summed E-state index contributed by atoms with van der Waals surface area (Å²) >= 11 is 0. The molecule has 0 saturated carbocycles. The zero-order valence-electron chi connectivity index (χ0n) is 12.4. The number of aromatic amines is 1. The van der Waals surface area contributed by atoms with Crippen LogP contribution in [0.25, 0.3) is 10.9 Å². The summed E-state index contributed by atoms with van der Waals surface area (Å²) in [7, 11) is 0. The summed E-state index contributed by atoms with van der Waals surface area (Å²) in [6, 6.07) is 13.3. The highest BCUT2D eigenvalue weighted by atomic mass is 16.6.